The number of hydrogen-bond donors (Lipinski definition) is 1. The number of aromatic nitrogens is 3. The summed E-state index contributed by atoms with van der Waals surface area (Å²) in [5.74, 6) is -0.774. The first-order chi connectivity index (χ1) is 19.8. The zero-order chi connectivity index (χ0) is 28.9. The van der Waals surface area contributed by atoms with Gasteiger partial charge in [0.1, 0.15) is 18.1 Å². The summed E-state index contributed by atoms with van der Waals surface area (Å²) in [6, 6.07) is 20.7. The third-order valence-electron chi connectivity index (χ3n) is 7.29. The summed E-state index contributed by atoms with van der Waals surface area (Å²) in [4.78, 5) is 43.6. The first-order valence-corrected chi connectivity index (χ1v) is 13.7. The maximum atomic E-state index is 14.2. The van der Waals surface area contributed by atoms with Gasteiger partial charge in [-0.2, -0.15) is 0 Å². The van der Waals surface area contributed by atoms with Gasteiger partial charge in [-0.05, 0) is 73.9 Å². The molecular weight excluding hydrogens is 520 g/mol. The van der Waals surface area contributed by atoms with Crippen LogP contribution in [0.15, 0.2) is 72.8 Å². The third kappa shape index (κ3) is 6.28. The maximum absolute atomic E-state index is 14.2. The third-order valence-corrected chi connectivity index (χ3v) is 7.29. The van der Waals surface area contributed by atoms with Crippen LogP contribution in [0.4, 0.5) is 11.4 Å². The van der Waals surface area contributed by atoms with Gasteiger partial charge in [-0.15, -0.1) is 5.10 Å². The van der Waals surface area contributed by atoms with Gasteiger partial charge in [0.15, 0.2) is 5.78 Å². The van der Waals surface area contributed by atoms with Crippen molar-refractivity contribution in [3.8, 4) is 0 Å². The molecule has 0 unspecified atom stereocenters. The number of para-hydroxylation sites is 1. The summed E-state index contributed by atoms with van der Waals surface area (Å²) in [7, 11) is 3.88. The molecule has 10 nitrogen and oxygen atoms in total. The van der Waals surface area contributed by atoms with E-state index in [2.05, 4.69) is 15.6 Å². The molecule has 10 heteroatoms. The molecular formula is C31H34N6O4. The van der Waals surface area contributed by atoms with Gasteiger partial charge in [0.05, 0.1) is 11.6 Å². The lowest BCUT2D eigenvalue weighted by Gasteiger charge is -2.32. The van der Waals surface area contributed by atoms with Crippen molar-refractivity contribution in [2.24, 2.45) is 0 Å². The van der Waals surface area contributed by atoms with Crippen molar-refractivity contribution in [3.63, 3.8) is 0 Å². The van der Waals surface area contributed by atoms with Gasteiger partial charge in [-0.25, -0.2) is 4.68 Å². The zero-order valence-corrected chi connectivity index (χ0v) is 23.5. The standard InChI is InChI=1S/C31H34N6O4/c1-21(38)22-10-16-25(17-11-22)37(29(39)20-36-28-9-5-4-8-27(28)33-34-36)30(23-12-14-24(15-13-23)35(2)3)31(40)32-19-26-7-6-18-41-26/h4-5,8-17,26,30H,6-7,18-20H2,1-3H3,(H,32,40)/t26-,30-/m1/s1. The van der Waals surface area contributed by atoms with Gasteiger partial charge in [0, 0.05) is 44.2 Å². The molecule has 1 aliphatic rings. The molecule has 0 spiro atoms. The predicted octanol–water partition coefficient (Wildman–Crippen LogP) is 3.77. The fraction of sp³-hybridized carbons (Fsp3) is 0.323. The molecule has 41 heavy (non-hydrogen) atoms. The lowest BCUT2D eigenvalue weighted by atomic mass is 10.0. The minimum Gasteiger partial charge on any atom is -0.378 e. The molecule has 5 rings (SSSR count). The van der Waals surface area contributed by atoms with Gasteiger partial charge in [-0.1, -0.05) is 29.5 Å². The van der Waals surface area contributed by atoms with Crippen LogP contribution in [0.5, 0.6) is 0 Å². The molecule has 212 valence electrons. The van der Waals surface area contributed by atoms with Crippen LogP contribution in [0, 0.1) is 0 Å². The highest BCUT2D eigenvalue weighted by molar-refractivity contribution is 6.02. The minimum absolute atomic E-state index is 0.0590. The molecule has 1 saturated heterocycles. The Morgan fingerprint density at radius 1 is 1.00 bits per heavy atom. The van der Waals surface area contributed by atoms with Crippen molar-refractivity contribution in [3.05, 3.63) is 83.9 Å². The SMILES string of the molecule is CC(=O)c1ccc(N(C(=O)Cn2nnc3ccccc32)[C@@H](C(=O)NC[C@H]2CCCO2)c2ccc(N(C)C)cc2)cc1. The number of nitrogens with zero attached hydrogens (tertiary/aromatic N) is 5. The number of rotatable bonds is 10. The van der Waals surface area contributed by atoms with Crippen molar-refractivity contribution in [1.29, 1.82) is 0 Å². The van der Waals surface area contributed by atoms with E-state index in [0.717, 1.165) is 18.5 Å². The number of hydrogen-bond acceptors (Lipinski definition) is 7. The molecule has 0 radical (unpaired) electrons. The Kier molecular flexibility index (Phi) is 8.39. The van der Waals surface area contributed by atoms with E-state index in [0.29, 0.717) is 41.0 Å². The lowest BCUT2D eigenvalue weighted by molar-refractivity contribution is -0.127. The fourth-order valence-corrected chi connectivity index (χ4v) is 5.02. The Morgan fingerprint density at radius 3 is 2.37 bits per heavy atom. The molecule has 0 bridgehead atoms. The average molecular weight is 555 g/mol. The second-order valence-electron chi connectivity index (χ2n) is 10.4. The highest BCUT2D eigenvalue weighted by atomic mass is 16.5. The van der Waals surface area contributed by atoms with Crippen LogP contribution >= 0.6 is 0 Å². The summed E-state index contributed by atoms with van der Waals surface area (Å²) in [5, 5.41) is 11.4. The second-order valence-corrected chi connectivity index (χ2v) is 10.4. The molecule has 4 aromatic rings. The molecule has 2 amide bonds. The number of carbonyl (C=O) groups excluding carboxylic acids is 3. The van der Waals surface area contributed by atoms with Gasteiger partial charge < -0.3 is 15.0 Å². The Morgan fingerprint density at radius 2 is 1.71 bits per heavy atom. The minimum atomic E-state index is -0.988. The average Bonchev–Trinajstić information content (AvgIpc) is 3.65. The van der Waals surface area contributed by atoms with E-state index in [1.807, 2.05) is 67.5 Å². The van der Waals surface area contributed by atoms with Crippen LogP contribution in [0.3, 0.4) is 0 Å². The number of Topliss-reactive ketones (excluding diaryl/α,β-unsaturated/α-hetero) is 1. The molecule has 1 aliphatic heterocycles. The second kappa shape index (κ2) is 12.3. The Hall–Kier alpha value is -4.57. The summed E-state index contributed by atoms with van der Waals surface area (Å²) < 4.78 is 7.25. The van der Waals surface area contributed by atoms with E-state index in [1.54, 1.807) is 24.3 Å². The summed E-state index contributed by atoms with van der Waals surface area (Å²) in [6.45, 7) is 2.38. The molecule has 0 saturated carbocycles. The summed E-state index contributed by atoms with van der Waals surface area (Å²) in [6.07, 6.45) is 1.77. The van der Waals surface area contributed by atoms with Gasteiger partial charge >= 0.3 is 0 Å². The van der Waals surface area contributed by atoms with Gasteiger partial charge in [-0.3, -0.25) is 19.3 Å². The monoisotopic (exact) mass is 554 g/mol. The molecule has 1 aromatic heterocycles. The number of carbonyl (C=O) groups is 3. The molecule has 1 N–H and O–H groups in total. The zero-order valence-electron chi connectivity index (χ0n) is 23.5. The highest BCUT2D eigenvalue weighted by Crippen LogP contribution is 2.30. The number of benzene rings is 3. The molecule has 2 heterocycles. The maximum Gasteiger partial charge on any atom is 0.249 e. The van der Waals surface area contributed by atoms with Crippen LogP contribution in [0.1, 0.15) is 41.7 Å². The van der Waals surface area contributed by atoms with Crippen molar-refractivity contribution < 1.29 is 19.1 Å². The number of anilines is 2. The van der Waals surface area contributed by atoms with Crippen LogP contribution in [0.2, 0.25) is 0 Å². The first-order valence-electron chi connectivity index (χ1n) is 13.7. The topological polar surface area (TPSA) is 110 Å². The van der Waals surface area contributed by atoms with E-state index in [4.69, 9.17) is 4.74 Å². The highest BCUT2D eigenvalue weighted by Gasteiger charge is 2.34. The van der Waals surface area contributed by atoms with Crippen LogP contribution in [-0.4, -0.2) is 65.9 Å². The van der Waals surface area contributed by atoms with Gasteiger partial charge in [0.25, 0.3) is 0 Å². The lowest BCUT2D eigenvalue weighted by Crippen LogP contribution is -2.46. The molecule has 1 fully saturated rings. The number of nitrogens with one attached hydrogen (secondary N) is 1. The van der Waals surface area contributed by atoms with Crippen LogP contribution < -0.4 is 15.1 Å². The largest absolute Gasteiger partial charge is 0.378 e. The fourth-order valence-electron chi connectivity index (χ4n) is 5.02. The molecule has 3 aromatic carbocycles. The van der Waals surface area contributed by atoms with E-state index in [-0.39, 0.29) is 30.2 Å². The van der Waals surface area contributed by atoms with Crippen LogP contribution in [0.25, 0.3) is 11.0 Å². The van der Waals surface area contributed by atoms with E-state index >= 15 is 0 Å². The van der Waals surface area contributed by atoms with E-state index in [9.17, 15) is 14.4 Å². The summed E-state index contributed by atoms with van der Waals surface area (Å²) >= 11 is 0. The van der Waals surface area contributed by atoms with Crippen molar-refractivity contribution in [2.75, 3.05) is 37.0 Å². The molecule has 0 aliphatic carbocycles. The quantitative estimate of drug-likeness (QED) is 0.297. The smallest absolute Gasteiger partial charge is 0.249 e. The van der Waals surface area contributed by atoms with Crippen molar-refractivity contribution in [1.82, 2.24) is 20.3 Å². The van der Waals surface area contributed by atoms with Crippen molar-refractivity contribution in [2.45, 2.75) is 38.5 Å². The van der Waals surface area contributed by atoms with Crippen LogP contribution in [-0.2, 0) is 20.9 Å². The Bertz CT molecular complexity index is 1520. The van der Waals surface area contributed by atoms with E-state index in [1.165, 1.54) is 16.5 Å². The Balaban J connectivity index is 1.56. The number of ketones is 1. The number of amides is 2. The predicted molar refractivity (Wildman–Crippen MR) is 157 cm³/mol. The number of fused-ring (bicyclic) bond motifs is 1. The molecule has 2 atom stereocenters. The van der Waals surface area contributed by atoms with E-state index < -0.39 is 6.04 Å². The first kappa shape index (κ1) is 28.0. The van der Waals surface area contributed by atoms with Gasteiger partial charge in [0.2, 0.25) is 11.8 Å². The Labute approximate surface area is 238 Å². The summed E-state index contributed by atoms with van der Waals surface area (Å²) in [5.41, 5.74) is 3.99. The normalized spacial score (nSPS) is 15.4. The van der Waals surface area contributed by atoms with Crippen molar-refractivity contribution >= 4 is 40.0 Å². The number of ether oxygens (including phenoxy) is 1.